The van der Waals surface area contributed by atoms with E-state index < -0.39 is 0 Å². The fraction of sp³-hybridized carbons (Fsp3) is 0.333. The van der Waals surface area contributed by atoms with Gasteiger partial charge in [0.25, 0.3) is 0 Å². The Balaban J connectivity index is 2.26. The second kappa shape index (κ2) is 6.64. The zero-order chi connectivity index (χ0) is 15.4. The smallest absolute Gasteiger partial charge is 0.161 e. The van der Waals surface area contributed by atoms with Gasteiger partial charge in [0, 0.05) is 6.04 Å². The third kappa shape index (κ3) is 3.37. The normalized spacial score (nSPS) is 12.0. The first kappa shape index (κ1) is 15.4. The van der Waals surface area contributed by atoms with E-state index in [0.29, 0.717) is 5.75 Å². The molecule has 0 saturated heterocycles. The number of hydrogen-bond donors (Lipinski definition) is 1. The van der Waals surface area contributed by atoms with Gasteiger partial charge in [-0.05, 0) is 54.7 Å². The molecule has 3 nitrogen and oxygen atoms in total. The van der Waals surface area contributed by atoms with E-state index in [2.05, 4.69) is 32.0 Å². The SMILES string of the molecule is COc1ccc(C(N)Cc2c(C)cccc2C)cc1OC. The first-order chi connectivity index (χ1) is 10.1. The fourth-order valence-corrected chi connectivity index (χ4v) is 2.59. The number of aryl methyl sites for hydroxylation is 2. The molecule has 1 atom stereocenters. The number of ether oxygens (including phenoxy) is 2. The van der Waals surface area contributed by atoms with Gasteiger partial charge in [0.05, 0.1) is 14.2 Å². The van der Waals surface area contributed by atoms with Crippen molar-refractivity contribution >= 4 is 0 Å². The Kier molecular flexibility index (Phi) is 4.86. The average Bonchev–Trinajstić information content (AvgIpc) is 2.50. The summed E-state index contributed by atoms with van der Waals surface area (Å²) in [6.07, 6.45) is 0.813. The van der Waals surface area contributed by atoms with Crippen molar-refractivity contribution in [3.05, 3.63) is 58.7 Å². The monoisotopic (exact) mass is 285 g/mol. The van der Waals surface area contributed by atoms with Crippen LogP contribution >= 0.6 is 0 Å². The van der Waals surface area contributed by atoms with Gasteiger partial charge in [-0.1, -0.05) is 24.3 Å². The Hall–Kier alpha value is -2.00. The lowest BCUT2D eigenvalue weighted by atomic mass is 9.93. The summed E-state index contributed by atoms with van der Waals surface area (Å²) < 4.78 is 10.6. The van der Waals surface area contributed by atoms with Gasteiger partial charge in [0.15, 0.2) is 11.5 Å². The lowest BCUT2D eigenvalue weighted by molar-refractivity contribution is 0.354. The molecule has 2 aromatic carbocycles. The molecule has 3 heteroatoms. The maximum atomic E-state index is 6.38. The average molecular weight is 285 g/mol. The first-order valence-corrected chi connectivity index (χ1v) is 7.09. The molecule has 112 valence electrons. The van der Waals surface area contributed by atoms with Crippen LogP contribution in [0.3, 0.4) is 0 Å². The van der Waals surface area contributed by atoms with Crippen LogP contribution in [0.4, 0.5) is 0 Å². The van der Waals surface area contributed by atoms with Crippen molar-refractivity contribution < 1.29 is 9.47 Å². The molecular formula is C18H23NO2. The number of rotatable bonds is 5. The molecule has 0 saturated carbocycles. The Bertz CT molecular complexity index is 602. The van der Waals surface area contributed by atoms with E-state index in [1.54, 1.807) is 14.2 Å². The van der Waals surface area contributed by atoms with E-state index in [-0.39, 0.29) is 6.04 Å². The van der Waals surface area contributed by atoms with Gasteiger partial charge in [-0.3, -0.25) is 0 Å². The van der Waals surface area contributed by atoms with Crippen LogP contribution in [0.25, 0.3) is 0 Å². The molecule has 2 rings (SSSR count). The van der Waals surface area contributed by atoms with Crippen molar-refractivity contribution in [3.8, 4) is 11.5 Å². The van der Waals surface area contributed by atoms with Gasteiger partial charge < -0.3 is 15.2 Å². The lowest BCUT2D eigenvalue weighted by Gasteiger charge is -2.17. The highest BCUT2D eigenvalue weighted by Gasteiger charge is 2.13. The minimum Gasteiger partial charge on any atom is -0.493 e. The number of hydrogen-bond acceptors (Lipinski definition) is 3. The zero-order valence-electron chi connectivity index (χ0n) is 13.1. The van der Waals surface area contributed by atoms with E-state index >= 15 is 0 Å². The molecule has 0 bridgehead atoms. The maximum absolute atomic E-state index is 6.38. The minimum atomic E-state index is -0.0652. The second-order valence-electron chi connectivity index (χ2n) is 5.30. The fourth-order valence-electron chi connectivity index (χ4n) is 2.59. The summed E-state index contributed by atoms with van der Waals surface area (Å²) in [5.41, 5.74) is 11.3. The summed E-state index contributed by atoms with van der Waals surface area (Å²) in [5.74, 6) is 1.44. The van der Waals surface area contributed by atoms with Crippen LogP contribution in [-0.4, -0.2) is 14.2 Å². The van der Waals surface area contributed by atoms with Crippen LogP contribution in [0.15, 0.2) is 36.4 Å². The highest BCUT2D eigenvalue weighted by Crippen LogP contribution is 2.31. The number of methoxy groups -OCH3 is 2. The Morgan fingerprint density at radius 3 is 2.14 bits per heavy atom. The van der Waals surface area contributed by atoms with E-state index in [1.807, 2.05) is 18.2 Å². The largest absolute Gasteiger partial charge is 0.493 e. The number of benzene rings is 2. The van der Waals surface area contributed by atoms with Crippen LogP contribution in [0, 0.1) is 13.8 Å². The van der Waals surface area contributed by atoms with E-state index in [9.17, 15) is 0 Å². The van der Waals surface area contributed by atoms with Gasteiger partial charge >= 0.3 is 0 Å². The molecular weight excluding hydrogens is 262 g/mol. The summed E-state index contributed by atoms with van der Waals surface area (Å²) in [4.78, 5) is 0. The number of nitrogens with two attached hydrogens (primary N) is 1. The van der Waals surface area contributed by atoms with Gasteiger partial charge in [-0.2, -0.15) is 0 Å². The van der Waals surface area contributed by atoms with E-state index in [0.717, 1.165) is 17.7 Å². The van der Waals surface area contributed by atoms with Crippen LogP contribution in [0.2, 0.25) is 0 Å². The lowest BCUT2D eigenvalue weighted by Crippen LogP contribution is -2.15. The van der Waals surface area contributed by atoms with Gasteiger partial charge in [-0.15, -0.1) is 0 Å². The molecule has 0 fully saturated rings. The van der Waals surface area contributed by atoms with E-state index in [1.165, 1.54) is 16.7 Å². The van der Waals surface area contributed by atoms with Crippen LogP contribution < -0.4 is 15.2 Å². The molecule has 0 heterocycles. The van der Waals surface area contributed by atoms with Crippen molar-refractivity contribution in [2.45, 2.75) is 26.3 Å². The zero-order valence-corrected chi connectivity index (χ0v) is 13.1. The highest BCUT2D eigenvalue weighted by molar-refractivity contribution is 5.44. The van der Waals surface area contributed by atoms with Crippen molar-refractivity contribution in [1.29, 1.82) is 0 Å². The highest BCUT2D eigenvalue weighted by atomic mass is 16.5. The Morgan fingerprint density at radius 2 is 1.57 bits per heavy atom. The Labute approximate surface area is 126 Å². The molecule has 1 unspecified atom stereocenters. The van der Waals surface area contributed by atoms with Gasteiger partial charge in [-0.25, -0.2) is 0 Å². The Morgan fingerprint density at radius 1 is 0.952 bits per heavy atom. The molecule has 2 N–H and O–H groups in total. The summed E-state index contributed by atoms with van der Waals surface area (Å²) in [7, 11) is 3.27. The molecule has 0 radical (unpaired) electrons. The third-order valence-corrected chi connectivity index (χ3v) is 3.90. The van der Waals surface area contributed by atoms with Crippen molar-refractivity contribution in [3.63, 3.8) is 0 Å². The first-order valence-electron chi connectivity index (χ1n) is 7.09. The maximum Gasteiger partial charge on any atom is 0.161 e. The molecule has 0 aliphatic carbocycles. The predicted molar refractivity (Wildman–Crippen MR) is 86.1 cm³/mol. The van der Waals surface area contributed by atoms with Crippen molar-refractivity contribution in [2.75, 3.05) is 14.2 Å². The molecule has 0 aromatic heterocycles. The molecule has 0 aliphatic heterocycles. The topological polar surface area (TPSA) is 44.5 Å². The van der Waals surface area contributed by atoms with Gasteiger partial charge in [0.1, 0.15) is 0 Å². The summed E-state index contributed by atoms with van der Waals surface area (Å²) in [6, 6.07) is 12.1. The summed E-state index contributed by atoms with van der Waals surface area (Å²) in [5, 5.41) is 0. The van der Waals surface area contributed by atoms with E-state index in [4.69, 9.17) is 15.2 Å². The van der Waals surface area contributed by atoms with Crippen LogP contribution in [-0.2, 0) is 6.42 Å². The second-order valence-corrected chi connectivity index (χ2v) is 5.30. The van der Waals surface area contributed by atoms with Gasteiger partial charge in [0.2, 0.25) is 0 Å². The standard InChI is InChI=1S/C18H23NO2/c1-12-6-5-7-13(2)15(12)11-16(19)14-8-9-17(20-3)18(10-14)21-4/h5-10,16H,11,19H2,1-4H3. The van der Waals surface area contributed by atoms with Crippen molar-refractivity contribution in [2.24, 2.45) is 5.73 Å². The molecule has 0 amide bonds. The quantitative estimate of drug-likeness (QED) is 0.913. The predicted octanol–water partition coefficient (Wildman–Crippen LogP) is 3.56. The van der Waals surface area contributed by atoms with Crippen molar-refractivity contribution in [1.82, 2.24) is 0 Å². The molecule has 21 heavy (non-hydrogen) atoms. The third-order valence-electron chi connectivity index (χ3n) is 3.90. The van der Waals surface area contributed by atoms with Crippen LogP contribution in [0.1, 0.15) is 28.3 Å². The summed E-state index contributed by atoms with van der Waals surface area (Å²) in [6.45, 7) is 4.26. The molecule has 2 aromatic rings. The van der Waals surface area contributed by atoms with Crippen LogP contribution in [0.5, 0.6) is 11.5 Å². The minimum absolute atomic E-state index is 0.0652. The molecule has 0 aliphatic rings. The molecule has 0 spiro atoms. The summed E-state index contributed by atoms with van der Waals surface area (Å²) >= 11 is 0.